The second-order valence-corrected chi connectivity index (χ2v) is 8.09. The summed E-state index contributed by atoms with van der Waals surface area (Å²) in [7, 11) is 0. The van der Waals surface area contributed by atoms with Crippen molar-refractivity contribution in [1.29, 1.82) is 0 Å². The Hall–Kier alpha value is -2.19. The van der Waals surface area contributed by atoms with E-state index >= 15 is 0 Å². The number of carbonyl (C=O) groups excluding carboxylic acids is 1. The molecule has 8 heteroatoms. The number of piperidine rings is 1. The van der Waals surface area contributed by atoms with E-state index in [0.29, 0.717) is 24.6 Å². The van der Waals surface area contributed by atoms with Gasteiger partial charge in [0.2, 0.25) is 11.6 Å². The molecule has 1 unspecified atom stereocenters. The molecule has 0 aliphatic carbocycles. The number of carbonyl (C=O) groups is 1. The van der Waals surface area contributed by atoms with Gasteiger partial charge in [-0.3, -0.25) is 9.69 Å². The first-order valence-electron chi connectivity index (χ1n) is 10.6. The predicted octanol–water partition coefficient (Wildman–Crippen LogP) is 1.81. The Balaban J connectivity index is 1.42. The van der Waals surface area contributed by atoms with Crippen LogP contribution in [0.15, 0.2) is 4.42 Å². The molecule has 2 aromatic heterocycles. The van der Waals surface area contributed by atoms with Gasteiger partial charge in [-0.05, 0) is 33.6 Å². The lowest BCUT2D eigenvalue weighted by atomic mass is 9.96. The van der Waals surface area contributed by atoms with Crippen LogP contribution in [0.1, 0.15) is 30.0 Å². The van der Waals surface area contributed by atoms with Crippen molar-refractivity contribution < 1.29 is 13.9 Å². The van der Waals surface area contributed by atoms with E-state index in [1.165, 1.54) is 0 Å². The molecule has 2 fully saturated rings. The zero-order chi connectivity index (χ0) is 20.4. The van der Waals surface area contributed by atoms with Gasteiger partial charge in [-0.1, -0.05) is 0 Å². The zero-order valence-corrected chi connectivity index (χ0v) is 17.7. The standard InChI is InChI=1S/C21H31N5O3/c1-14-15(2)29-21-18(14)19(23-16(3)24-21)26-7-4-5-17(13-26)20(27)22-6-8-25-9-11-28-12-10-25/h17H,4-13H2,1-3H3,(H,22,27). The molecule has 2 aromatic rings. The first-order valence-corrected chi connectivity index (χ1v) is 10.6. The van der Waals surface area contributed by atoms with E-state index in [4.69, 9.17) is 14.1 Å². The Kier molecular flexibility index (Phi) is 6.01. The SMILES string of the molecule is Cc1nc(N2CCCC(C(=O)NCCN3CCOCC3)C2)c2c(C)c(C)oc2n1. The minimum Gasteiger partial charge on any atom is -0.443 e. The normalized spacial score (nSPS) is 20.9. The van der Waals surface area contributed by atoms with Gasteiger partial charge < -0.3 is 19.4 Å². The number of nitrogens with zero attached hydrogens (tertiary/aromatic N) is 4. The van der Waals surface area contributed by atoms with Crippen molar-refractivity contribution in [3.8, 4) is 0 Å². The summed E-state index contributed by atoms with van der Waals surface area (Å²) < 4.78 is 11.2. The Morgan fingerprint density at radius 1 is 1.17 bits per heavy atom. The Morgan fingerprint density at radius 3 is 2.76 bits per heavy atom. The molecule has 2 aliphatic rings. The zero-order valence-electron chi connectivity index (χ0n) is 17.7. The van der Waals surface area contributed by atoms with Crippen molar-refractivity contribution in [2.24, 2.45) is 5.92 Å². The fraction of sp³-hybridized carbons (Fsp3) is 0.667. The summed E-state index contributed by atoms with van der Waals surface area (Å²) in [4.78, 5) is 26.5. The second kappa shape index (κ2) is 8.67. The summed E-state index contributed by atoms with van der Waals surface area (Å²) in [5, 5.41) is 4.11. The van der Waals surface area contributed by atoms with Crippen molar-refractivity contribution in [2.75, 3.05) is 57.4 Å². The highest BCUT2D eigenvalue weighted by atomic mass is 16.5. The number of morpholine rings is 1. The number of amides is 1. The summed E-state index contributed by atoms with van der Waals surface area (Å²) in [5.74, 6) is 2.58. The van der Waals surface area contributed by atoms with Gasteiger partial charge in [0, 0.05) is 44.8 Å². The van der Waals surface area contributed by atoms with E-state index < -0.39 is 0 Å². The molecule has 4 rings (SSSR count). The van der Waals surface area contributed by atoms with Crippen LogP contribution >= 0.6 is 0 Å². The van der Waals surface area contributed by atoms with Crippen molar-refractivity contribution in [2.45, 2.75) is 33.6 Å². The van der Waals surface area contributed by atoms with Crippen molar-refractivity contribution in [3.05, 3.63) is 17.1 Å². The van der Waals surface area contributed by atoms with Crippen LogP contribution in [-0.4, -0.2) is 73.3 Å². The predicted molar refractivity (Wildman–Crippen MR) is 111 cm³/mol. The fourth-order valence-electron chi connectivity index (χ4n) is 4.25. The highest BCUT2D eigenvalue weighted by Gasteiger charge is 2.29. The summed E-state index contributed by atoms with van der Waals surface area (Å²) in [6, 6.07) is 0. The molecule has 1 atom stereocenters. The molecule has 29 heavy (non-hydrogen) atoms. The first kappa shape index (κ1) is 20.1. The van der Waals surface area contributed by atoms with Crippen LogP contribution in [0.25, 0.3) is 11.1 Å². The summed E-state index contributed by atoms with van der Waals surface area (Å²) in [6.07, 6.45) is 1.89. The van der Waals surface area contributed by atoms with Gasteiger partial charge in [-0.25, -0.2) is 4.98 Å². The molecular weight excluding hydrogens is 370 g/mol. The molecule has 0 spiro atoms. The van der Waals surface area contributed by atoms with Gasteiger partial charge in [0.15, 0.2) is 0 Å². The van der Waals surface area contributed by atoms with E-state index in [1.807, 2.05) is 20.8 Å². The highest BCUT2D eigenvalue weighted by molar-refractivity contribution is 5.90. The minimum absolute atomic E-state index is 0.0212. The molecule has 0 bridgehead atoms. The molecule has 0 saturated carbocycles. The number of aromatic nitrogens is 2. The number of hydrogen-bond donors (Lipinski definition) is 1. The molecule has 2 saturated heterocycles. The molecule has 1 N–H and O–H groups in total. The number of hydrogen-bond acceptors (Lipinski definition) is 7. The third-order valence-electron chi connectivity index (χ3n) is 6.04. The lowest BCUT2D eigenvalue weighted by Gasteiger charge is -2.33. The molecule has 1 amide bonds. The van der Waals surface area contributed by atoms with E-state index in [9.17, 15) is 4.79 Å². The number of ether oxygens (including phenoxy) is 1. The maximum Gasteiger partial charge on any atom is 0.231 e. The van der Waals surface area contributed by atoms with Crippen LogP contribution in [0.2, 0.25) is 0 Å². The second-order valence-electron chi connectivity index (χ2n) is 8.09. The molecule has 158 valence electrons. The summed E-state index contributed by atoms with van der Waals surface area (Å²) in [5.41, 5.74) is 1.71. The molecule has 8 nitrogen and oxygen atoms in total. The summed E-state index contributed by atoms with van der Waals surface area (Å²) >= 11 is 0. The number of nitrogens with one attached hydrogen (secondary N) is 1. The Bertz CT molecular complexity index is 875. The van der Waals surface area contributed by atoms with E-state index in [2.05, 4.69) is 20.1 Å². The fourth-order valence-corrected chi connectivity index (χ4v) is 4.25. The van der Waals surface area contributed by atoms with Crippen LogP contribution in [-0.2, 0) is 9.53 Å². The van der Waals surface area contributed by atoms with Gasteiger partial charge in [0.25, 0.3) is 0 Å². The Morgan fingerprint density at radius 2 is 1.97 bits per heavy atom. The lowest BCUT2D eigenvalue weighted by Crippen LogP contribution is -2.46. The number of anilines is 1. The molecule has 4 heterocycles. The average Bonchev–Trinajstić information content (AvgIpc) is 3.01. The number of furan rings is 1. The topological polar surface area (TPSA) is 83.7 Å². The average molecular weight is 402 g/mol. The number of aryl methyl sites for hydroxylation is 3. The first-order chi connectivity index (χ1) is 14.0. The summed E-state index contributed by atoms with van der Waals surface area (Å²) in [6.45, 7) is 12.5. The van der Waals surface area contributed by atoms with Crippen molar-refractivity contribution in [1.82, 2.24) is 20.2 Å². The van der Waals surface area contributed by atoms with E-state index in [1.54, 1.807) is 0 Å². The van der Waals surface area contributed by atoms with E-state index in [-0.39, 0.29) is 11.8 Å². The van der Waals surface area contributed by atoms with Crippen LogP contribution in [0, 0.1) is 26.7 Å². The molecular formula is C21H31N5O3. The number of rotatable bonds is 5. The Labute approximate surface area is 171 Å². The third kappa shape index (κ3) is 4.38. The van der Waals surface area contributed by atoms with Gasteiger partial charge in [0.1, 0.15) is 17.4 Å². The van der Waals surface area contributed by atoms with Crippen molar-refractivity contribution in [3.63, 3.8) is 0 Å². The third-order valence-corrected chi connectivity index (χ3v) is 6.04. The van der Waals surface area contributed by atoms with Gasteiger partial charge in [0.05, 0.1) is 24.5 Å². The largest absolute Gasteiger partial charge is 0.443 e. The van der Waals surface area contributed by atoms with Crippen LogP contribution in [0.5, 0.6) is 0 Å². The quantitative estimate of drug-likeness (QED) is 0.818. The van der Waals surface area contributed by atoms with Crippen LogP contribution in [0.4, 0.5) is 5.82 Å². The van der Waals surface area contributed by atoms with Crippen LogP contribution in [0.3, 0.4) is 0 Å². The number of fused-ring (bicyclic) bond motifs is 1. The van der Waals surface area contributed by atoms with Crippen molar-refractivity contribution >= 4 is 22.8 Å². The monoisotopic (exact) mass is 401 g/mol. The molecule has 0 aromatic carbocycles. The van der Waals surface area contributed by atoms with Gasteiger partial charge in [-0.15, -0.1) is 0 Å². The maximum atomic E-state index is 12.8. The minimum atomic E-state index is -0.0212. The van der Waals surface area contributed by atoms with Gasteiger partial charge >= 0.3 is 0 Å². The van der Waals surface area contributed by atoms with Gasteiger partial charge in [-0.2, -0.15) is 4.98 Å². The van der Waals surface area contributed by atoms with E-state index in [0.717, 1.165) is 74.8 Å². The lowest BCUT2D eigenvalue weighted by molar-refractivity contribution is -0.125. The van der Waals surface area contributed by atoms with Crippen LogP contribution < -0.4 is 10.2 Å². The molecule has 2 aliphatic heterocycles. The smallest absolute Gasteiger partial charge is 0.231 e. The maximum absolute atomic E-state index is 12.8. The highest BCUT2D eigenvalue weighted by Crippen LogP contribution is 2.33. The molecule has 0 radical (unpaired) electrons.